The van der Waals surface area contributed by atoms with Gasteiger partial charge in [-0.05, 0) is 51.4 Å². The largest absolute Gasteiger partial charge is 0.416 e. The van der Waals surface area contributed by atoms with E-state index in [1.54, 1.807) is 18.3 Å². The number of aromatic amines is 1. The zero-order chi connectivity index (χ0) is 34.8. The number of nitrogen functional groups attached to an aromatic ring is 1. The van der Waals surface area contributed by atoms with Crippen molar-refractivity contribution in [1.29, 1.82) is 0 Å². The fraction of sp³-hybridized carbons (Fsp3) is 0.400. The molecular formula is C35H43F3N8O2. The smallest absolute Gasteiger partial charge is 0.383 e. The molecule has 0 radical (unpaired) electrons. The van der Waals surface area contributed by atoms with E-state index in [0.29, 0.717) is 40.7 Å². The number of aliphatic imine (C=N–C) groups is 1. The number of H-pyrrole nitrogens is 1. The average Bonchev–Trinajstić information content (AvgIpc) is 3.52. The highest BCUT2D eigenvalue weighted by atomic mass is 19.4. The number of anilines is 1. The number of pyridine rings is 1. The molecular weight excluding hydrogens is 621 g/mol. The summed E-state index contributed by atoms with van der Waals surface area (Å²) in [4.78, 5) is 35.6. The van der Waals surface area contributed by atoms with Gasteiger partial charge in [0.1, 0.15) is 17.2 Å². The number of carbonyl (C=O) groups excluding carboxylic acids is 2. The first-order valence-electron chi connectivity index (χ1n) is 16.0. The summed E-state index contributed by atoms with van der Waals surface area (Å²) in [5.74, 6) is -0.492. The maximum atomic E-state index is 13.1. The summed E-state index contributed by atoms with van der Waals surface area (Å²) in [6, 6.07) is 6.86. The van der Waals surface area contributed by atoms with Crippen LogP contribution in [0, 0.1) is 0 Å². The average molecular weight is 665 g/mol. The van der Waals surface area contributed by atoms with Crippen molar-refractivity contribution in [2.75, 3.05) is 26.4 Å². The lowest BCUT2D eigenvalue weighted by molar-refractivity contribution is -0.123. The van der Waals surface area contributed by atoms with E-state index < -0.39 is 17.7 Å². The molecule has 0 bridgehead atoms. The number of nitrogens with one attached hydrogen (secondary N) is 3. The van der Waals surface area contributed by atoms with Crippen LogP contribution in [0.2, 0.25) is 0 Å². The van der Waals surface area contributed by atoms with Gasteiger partial charge in [0.25, 0.3) is 5.91 Å². The Hall–Kier alpha value is -4.78. The first-order valence-corrected chi connectivity index (χ1v) is 16.0. The molecule has 0 aliphatic heterocycles. The quantitative estimate of drug-likeness (QED) is 0.103. The molecule has 1 aliphatic carbocycles. The van der Waals surface area contributed by atoms with E-state index >= 15 is 0 Å². The lowest BCUT2D eigenvalue weighted by Gasteiger charge is -2.26. The summed E-state index contributed by atoms with van der Waals surface area (Å²) < 4.78 is 39.3. The molecule has 1 atom stereocenters. The number of rotatable bonds is 12. The van der Waals surface area contributed by atoms with Crippen molar-refractivity contribution in [2.24, 2.45) is 4.99 Å². The van der Waals surface area contributed by atoms with Crippen LogP contribution >= 0.6 is 0 Å². The Bertz CT molecular complexity index is 1690. The first kappa shape index (κ1) is 36.1. The zero-order valence-corrected chi connectivity index (χ0v) is 27.5. The van der Waals surface area contributed by atoms with Gasteiger partial charge >= 0.3 is 6.18 Å². The SMILES string of the molecule is C=C/C(=C\C(=NC)NC(=O)c1ccc(-c2[nH]nc3c(/C=C/CCN(C)C(C)CC(=O)NC4CCCCC4)cnc(N)c23)cc1)C(F)(F)F. The van der Waals surface area contributed by atoms with Crippen LogP contribution in [0.15, 0.2) is 65.8 Å². The van der Waals surface area contributed by atoms with Gasteiger partial charge < -0.3 is 21.3 Å². The molecule has 13 heteroatoms. The van der Waals surface area contributed by atoms with Crippen LogP contribution in [0.5, 0.6) is 0 Å². The molecule has 1 unspecified atom stereocenters. The Morgan fingerprint density at radius 2 is 1.92 bits per heavy atom. The number of nitrogens with two attached hydrogens (primary N) is 1. The highest BCUT2D eigenvalue weighted by Crippen LogP contribution is 2.32. The van der Waals surface area contributed by atoms with Crippen molar-refractivity contribution >= 4 is 40.4 Å². The zero-order valence-electron chi connectivity index (χ0n) is 27.5. The second-order valence-electron chi connectivity index (χ2n) is 12.0. The summed E-state index contributed by atoms with van der Waals surface area (Å²) >= 11 is 0. The number of hydrogen-bond acceptors (Lipinski definition) is 7. The molecule has 1 fully saturated rings. The molecule has 2 heterocycles. The Morgan fingerprint density at radius 1 is 1.21 bits per heavy atom. The second kappa shape index (κ2) is 16.4. The Kier molecular flexibility index (Phi) is 12.3. The minimum Gasteiger partial charge on any atom is -0.383 e. The number of amidine groups is 1. The van der Waals surface area contributed by atoms with E-state index in [-0.39, 0.29) is 29.2 Å². The van der Waals surface area contributed by atoms with Gasteiger partial charge in [-0.2, -0.15) is 18.3 Å². The lowest BCUT2D eigenvalue weighted by Crippen LogP contribution is -2.40. The van der Waals surface area contributed by atoms with Crippen molar-refractivity contribution in [3.05, 3.63) is 72.0 Å². The number of alkyl halides is 3. The number of carbonyl (C=O) groups is 2. The number of fused-ring (bicyclic) bond motifs is 1. The fourth-order valence-corrected chi connectivity index (χ4v) is 5.60. The van der Waals surface area contributed by atoms with E-state index in [1.165, 1.54) is 38.4 Å². The number of amides is 2. The van der Waals surface area contributed by atoms with E-state index in [0.717, 1.165) is 37.4 Å². The molecule has 2 amide bonds. The third-order valence-corrected chi connectivity index (χ3v) is 8.55. The van der Waals surface area contributed by atoms with E-state index in [1.807, 2.05) is 19.2 Å². The maximum absolute atomic E-state index is 13.1. The maximum Gasteiger partial charge on any atom is 0.416 e. The van der Waals surface area contributed by atoms with Crippen molar-refractivity contribution in [3.8, 4) is 11.3 Å². The molecule has 0 spiro atoms. The van der Waals surface area contributed by atoms with Gasteiger partial charge in [-0.3, -0.25) is 19.7 Å². The first-order chi connectivity index (χ1) is 22.9. The van der Waals surface area contributed by atoms with Crippen LogP contribution in [0.1, 0.15) is 67.8 Å². The van der Waals surface area contributed by atoms with Gasteiger partial charge in [0, 0.05) is 55.0 Å². The van der Waals surface area contributed by atoms with Crippen LogP contribution in [0.25, 0.3) is 28.2 Å². The number of halogens is 3. The predicted octanol–water partition coefficient (Wildman–Crippen LogP) is 6.20. The van der Waals surface area contributed by atoms with Crippen molar-refractivity contribution < 1.29 is 22.8 Å². The monoisotopic (exact) mass is 664 g/mol. The van der Waals surface area contributed by atoms with Gasteiger partial charge in [0.15, 0.2) is 0 Å². The van der Waals surface area contributed by atoms with Crippen LogP contribution in [0.3, 0.4) is 0 Å². The normalized spacial score (nSPS) is 15.6. The third kappa shape index (κ3) is 9.40. The molecule has 256 valence electrons. The van der Waals surface area contributed by atoms with E-state index in [2.05, 4.69) is 49.2 Å². The van der Waals surface area contributed by atoms with Crippen molar-refractivity contribution in [2.45, 2.75) is 70.1 Å². The lowest BCUT2D eigenvalue weighted by atomic mass is 9.95. The van der Waals surface area contributed by atoms with Crippen LogP contribution in [-0.4, -0.2) is 76.6 Å². The standard InChI is InChI=1S/C35H43F3N8O2/c1-5-26(35(36,37)38)20-28(40-3)43-34(48)24-16-14-23(15-17-24)31-30-32(45-44-31)25(21-41-33(30)39)11-9-10-18-46(4)22(2)19-29(47)42-27-12-7-6-8-13-27/h5,9,11,14-17,20-22,27H,1,6-8,10,12-13,18-19H2,2-4H3,(H2,39,41)(H,42,47)(H,44,45)(H,40,43,48)/b11-9+,26-20+. The fourth-order valence-electron chi connectivity index (χ4n) is 5.60. The number of hydrogen-bond donors (Lipinski definition) is 4. The highest BCUT2D eigenvalue weighted by Gasteiger charge is 2.32. The topological polar surface area (TPSA) is 141 Å². The van der Waals surface area contributed by atoms with Crippen LogP contribution in [-0.2, 0) is 4.79 Å². The molecule has 4 rings (SSSR count). The van der Waals surface area contributed by atoms with Gasteiger partial charge in [-0.1, -0.05) is 56.2 Å². The summed E-state index contributed by atoms with van der Waals surface area (Å²) in [5, 5.41) is 13.7. The van der Waals surface area contributed by atoms with Gasteiger partial charge in [0.05, 0.1) is 16.7 Å². The van der Waals surface area contributed by atoms with Crippen LogP contribution in [0.4, 0.5) is 19.0 Å². The Labute approximate surface area is 278 Å². The Balaban J connectivity index is 1.38. The summed E-state index contributed by atoms with van der Waals surface area (Å²) in [6.07, 6.45) is 9.36. The summed E-state index contributed by atoms with van der Waals surface area (Å²) in [5.41, 5.74) is 8.14. The summed E-state index contributed by atoms with van der Waals surface area (Å²) in [7, 11) is 3.29. The van der Waals surface area contributed by atoms with Gasteiger partial charge in [0.2, 0.25) is 5.91 Å². The third-order valence-electron chi connectivity index (χ3n) is 8.55. The van der Waals surface area contributed by atoms with Gasteiger partial charge in [-0.15, -0.1) is 0 Å². The number of benzene rings is 1. The van der Waals surface area contributed by atoms with E-state index in [4.69, 9.17) is 5.73 Å². The molecule has 1 aromatic carbocycles. The highest BCUT2D eigenvalue weighted by molar-refractivity contribution is 6.11. The predicted molar refractivity (Wildman–Crippen MR) is 184 cm³/mol. The molecule has 1 saturated carbocycles. The molecule has 0 saturated heterocycles. The van der Waals surface area contributed by atoms with Crippen molar-refractivity contribution in [1.82, 2.24) is 30.7 Å². The van der Waals surface area contributed by atoms with Crippen LogP contribution < -0.4 is 16.4 Å². The van der Waals surface area contributed by atoms with Gasteiger partial charge in [-0.25, -0.2) is 4.98 Å². The van der Waals surface area contributed by atoms with Crippen molar-refractivity contribution in [3.63, 3.8) is 0 Å². The minimum absolute atomic E-state index is 0.108. The molecule has 1 aliphatic rings. The molecule has 3 aromatic rings. The molecule has 48 heavy (non-hydrogen) atoms. The second-order valence-corrected chi connectivity index (χ2v) is 12.0. The Morgan fingerprint density at radius 3 is 2.56 bits per heavy atom. The van der Waals surface area contributed by atoms with E-state index in [9.17, 15) is 22.8 Å². The minimum atomic E-state index is -4.63. The molecule has 2 aromatic heterocycles. The number of allylic oxidation sites excluding steroid dienone is 2. The number of aromatic nitrogens is 3. The molecule has 5 N–H and O–H groups in total. The number of nitrogens with zero attached hydrogens (tertiary/aromatic N) is 4. The molecule has 10 nitrogen and oxygen atoms in total. The summed E-state index contributed by atoms with van der Waals surface area (Å²) in [6.45, 7) is 6.01.